The average molecular weight is 371 g/mol. The number of aromatic amines is 1. The van der Waals surface area contributed by atoms with Gasteiger partial charge in [-0.05, 0) is 43.0 Å². The highest BCUT2D eigenvalue weighted by Gasteiger charge is 2.20. The molecule has 3 aromatic rings. The van der Waals surface area contributed by atoms with Crippen LogP contribution in [0, 0.1) is 5.92 Å². The molecule has 0 saturated heterocycles. The second kappa shape index (κ2) is 8.34. The summed E-state index contributed by atoms with van der Waals surface area (Å²) in [4.78, 5) is 19.8. The third kappa shape index (κ3) is 4.62. The molecule has 1 aromatic heterocycles. The molecule has 3 N–H and O–H groups in total. The lowest BCUT2D eigenvalue weighted by Crippen LogP contribution is -2.34. The Kier molecular flexibility index (Phi) is 5.91. The molecular formula is C20H23ClN4O. The van der Waals surface area contributed by atoms with E-state index >= 15 is 0 Å². The lowest BCUT2D eigenvalue weighted by atomic mass is 10.1. The van der Waals surface area contributed by atoms with Crippen molar-refractivity contribution in [1.82, 2.24) is 20.6 Å². The molecule has 2 aromatic carbocycles. The third-order valence-electron chi connectivity index (χ3n) is 4.52. The molecule has 1 aliphatic rings. The highest BCUT2D eigenvalue weighted by Crippen LogP contribution is 2.27. The maximum atomic E-state index is 11.8. The summed E-state index contributed by atoms with van der Waals surface area (Å²) in [6.07, 6.45) is 2.60. The van der Waals surface area contributed by atoms with E-state index in [1.165, 1.54) is 12.8 Å². The van der Waals surface area contributed by atoms with Gasteiger partial charge in [0.25, 0.3) is 0 Å². The molecule has 0 unspecified atom stereocenters. The molecule has 0 bridgehead atoms. The monoisotopic (exact) mass is 370 g/mol. The van der Waals surface area contributed by atoms with Crippen LogP contribution < -0.4 is 10.6 Å². The Morgan fingerprint density at radius 1 is 1.12 bits per heavy atom. The Labute approximate surface area is 159 Å². The number of halogens is 1. The van der Waals surface area contributed by atoms with Gasteiger partial charge in [0.05, 0.1) is 17.6 Å². The number of para-hydroxylation sites is 2. The number of aromatic nitrogens is 2. The first-order valence-electron chi connectivity index (χ1n) is 8.79. The van der Waals surface area contributed by atoms with Crippen LogP contribution in [0.2, 0.25) is 0 Å². The lowest BCUT2D eigenvalue weighted by Gasteiger charge is -2.07. The van der Waals surface area contributed by atoms with Gasteiger partial charge in [-0.2, -0.15) is 0 Å². The molecule has 1 fully saturated rings. The van der Waals surface area contributed by atoms with E-state index in [2.05, 4.69) is 20.6 Å². The van der Waals surface area contributed by atoms with Crippen molar-refractivity contribution < 1.29 is 4.79 Å². The molecule has 0 aliphatic heterocycles. The van der Waals surface area contributed by atoms with Crippen LogP contribution in [0.5, 0.6) is 0 Å². The highest BCUT2D eigenvalue weighted by molar-refractivity contribution is 5.85. The summed E-state index contributed by atoms with van der Waals surface area (Å²) >= 11 is 0. The predicted octanol–water partition coefficient (Wildman–Crippen LogP) is 3.27. The summed E-state index contributed by atoms with van der Waals surface area (Å²) in [7, 11) is 0. The second-order valence-corrected chi connectivity index (χ2v) is 6.65. The van der Waals surface area contributed by atoms with Crippen LogP contribution in [0.3, 0.4) is 0 Å². The topological polar surface area (TPSA) is 69.8 Å². The van der Waals surface area contributed by atoms with Gasteiger partial charge in [0, 0.05) is 12.1 Å². The van der Waals surface area contributed by atoms with Crippen molar-refractivity contribution in [2.45, 2.75) is 19.4 Å². The van der Waals surface area contributed by atoms with E-state index < -0.39 is 0 Å². The van der Waals surface area contributed by atoms with Gasteiger partial charge >= 0.3 is 0 Å². The molecular weight excluding hydrogens is 348 g/mol. The quantitative estimate of drug-likeness (QED) is 0.597. The summed E-state index contributed by atoms with van der Waals surface area (Å²) < 4.78 is 0. The van der Waals surface area contributed by atoms with Crippen LogP contribution in [0.15, 0.2) is 48.5 Å². The summed E-state index contributed by atoms with van der Waals surface area (Å²) in [5.41, 5.74) is 4.12. The Hall–Kier alpha value is -2.37. The van der Waals surface area contributed by atoms with E-state index in [1.54, 1.807) is 0 Å². The van der Waals surface area contributed by atoms with Crippen LogP contribution in [0.1, 0.15) is 18.4 Å². The van der Waals surface area contributed by atoms with Crippen molar-refractivity contribution in [3.05, 3.63) is 54.1 Å². The summed E-state index contributed by atoms with van der Waals surface area (Å²) in [6.45, 7) is 1.90. The molecule has 1 aliphatic carbocycles. The number of carbonyl (C=O) groups is 1. The molecule has 0 spiro atoms. The summed E-state index contributed by atoms with van der Waals surface area (Å²) in [5.74, 6) is 1.70. The number of hydrogen-bond acceptors (Lipinski definition) is 3. The van der Waals surface area contributed by atoms with Crippen molar-refractivity contribution in [2.75, 3.05) is 13.1 Å². The number of fused-ring (bicyclic) bond motifs is 1. The van der Waals surface area contributed by atoms with E-state index in [0.29, 0.717) is 13.1 Å². The molecule has 1 heterocycles. The average Bonchev–Trinajstić information content (AvgIpc) is 3.36. The molecule has 136 valence electrons. The first kappa shape index (κ1) is 18.4. The van der Waals surface area contributed by atoms with Gasteiger partial charge in [0.15, 0.2) is 0 Å². The molecule has 26 heavy (non-hydrogen) atoms. The summed E-state index contributed by atoms with van der Waals surface area (Å²) in [5, 5.41) is 6.15. The minimum Gasteiger partial charge on any atom is -0.351 e. The number of H-pyrrole nitrogens is 1. The smallest absolute Gasteiger partial charge is 0.234 e. The number of nitrogens with one attached hydrogen (secondary N) is 3. The minimum absolute atomic E-state index is 0. The zero-order valence-electron chi connectivity index (χ0n) is 14.5. The number of imidazole rings is 1. The van der Waals surface area contributed by atoms with Crippen molar-refractivity contribution >= 4 is 29.3 Å². The molecule has 5 nitrogen and oxygen atoms in total. The maximum Gasteiger partial charge on any atom is 0.234 e. The largest absolute Gasteiger partial charge is 0.351 e. The number of carbonyl (C=O) groups excluding carboxylic acids is 1. The van der Waals surface area contributed by atoms with Gasteiger partial charge in [-0.3, -0.25) is 4.79 Å². The minimum atomic E-state index is 0. The number of rotatable bonds is 7. The van der Waals surface area contributed by atoms with E-state index in [0.717, 1.165) is 40.4 Å². The highest BCUT2D eigenvalue weighted by atomic mass is 35.5. The third-order valence-corrected chi connectivity index (χ3v) is 4.52. The zero-order chi connectivity index (χ0) is 17.1. The fraction of sp³-hybridized carbons (Fsp3) is 0.300. The Balaban J connectivity index is 0.00000196. The van der Waals surface area contributed by atoms with Crippen molar-refractivity contribution in [2.24, 2.45) is 5.92 Å². The van der Waals surface area contributed by atoms with Crippen LogP contribution in [0.25, 0.3) is 22.4 Å². The first-order chi connectivity index (χ1) is 12.3. The van der Waals surface area contributed by atoms with Gasteiger partial charge in [0.1, 0.15) is 5.82 Å². The molecule has 4 rings (SSSR count). The van der Waals surface area contributed by atoms with E-state index in [4.69, 9.17) is 0 Å². The van der Waals surface area contributed by atoms with Gasteiger partial charge in [-0.25, -0.2) is 4.98 Å². The van der Waals surface area contributed by atoms with Crippen LogP contribution in [-0.2, 0) is 11.3 Å². The Morgan fingerprint density at radius 2 is 1.88 bits per heavy atom. The Bertz CT molecular complexity index is 838. The molecule has 1 saturated carbocycles. The van der Waals surface area contributed by atoms with Crippen molar-refractivity contribution in [1.29, 1.82) is 0 Å². The van der Waals surface area contributed by atoms with Crippen molar-refractivity contribution in [3.8, 4) is 11.4 Å². The van der Waals surface area contributed by atoms with E-state index in [1.807, 2.05) is 48.5 Å². The van der Waals surface area contributed by atoms with Crippen LogP contribution >= 0.6 is 12.4 Å². The van der Waals surface area contributed by atoms with Gasteiger partial charge in [-0.15, -0.1) is 12.4 Å². The molecule has 0 atom stereocenters. The van der Waals surface area contributed by atoms with E-state index in [9.17, 15) is 4.79 Å². The Morgan fingerprint density at radius 3 is 2.62 bits per heavy atom. The molecule has 1 amide bonds. The zero-order valence-corrected chi connectivity index (χ0v) is 15.3. The molecule has 6 heteroatoms. The SMILES string of the molecule is Cl.O=C(CNCC1CC1)NCc1ccc(-c2nc3ccccc3[nH]2)cc1. The molecule has 0 radical (unpaired) electrons. The second-order valence-electron chi connectivity index (χ2n) is 6.65. The fourth-order valence-electron chi connectivity index (χ4n) is 2.84. The first-order valence-corrected chi connectivity index (χ1v) is 8.79. The van der Waals surface area contributed by atoms with Crippen molar-refractivity contribution in [3.63, 3.8) is 0 Å². The van der Waals surface area contributed by atoms with Gasteiger partial charge < -0.3 is 15.6 Å². The maximum absolute atomic E-state index is 11.8. The number of hydrogen-bond donors (Lipinski definition) is 3. The van der Waals surface area contributed by atoms with Gasteiger partial charge in [0.2, 0.25) is 5.91 Å². The standard InChI is InChI=1S/C20H22N4O.ClH/c25-19(13-21-11-14-5-6-14)22-12-15-7-9-16(10-8-15)20-23-17-3-1-2-4-18(17)24-20;/h1-4,7-10,14,21H,5-6,11-13H2,(H,22,25)(H,23,24);1H. The number of nitrogens with zero attached hydrogens (tertiary/aromatic N) is 1. The van der Waals surface area contributed by atoms with Crippen LogP contribution in [-0.4, -0.2) is 29.0 Å². The normalized spacial score (nSPS) is 13.4. The predicted molar refractivity (Wildman–Crippen MR) is 106 cm³/mol. The fourth-order valence-corrected chi connectivity index (χ4v) is 2.84. The lowest BCUT2D eigenvalue weighted by molar-refractivity contribution is -0.120. The number of amides is 1. The number of benzene rings is 2. The summed E-state index contributed by atoms with van der Waals surface area (Å²) in [6, 6.07) is 16.1. The van der Waals surface area contributed by atoms with E-state index in [-0.39, 0.29) is 18.3 Å². The van der Waals surface area contributed by atoms with Gasteiger partial charge in [-0.1, -0.05) is 36.4 Å². The van der Waals surface area contributed by atoms with Crippen LogP contribution in [0.4, 0.5) is 0 Å².